The number of hydrogen-bond donors (Lipinski definition) is 1. The number of piperidine rings is 1. The lowest BCUT2D eigenvalue weighted by molar-refractivity contribution is -0.121. The van der Waals surface area contributed by atoms with Crippen molar-refractivity contribution in [3.05, 3.63) is 30.0 Å². The van der Waals surface area contributed by atoms with Gasteiger partial charge in [0, 0.05) is 24.5 Å². The molecule has 0 saturated carbocycles. The van der Waals surface area contributed by atoms with E-state index in [2.05, 4.69) is 10.5 Å². The zero-order chi connectivity index (χ0) is 16.9. The van der Waals surface area contributed by atoms with Crippen LogP contribution in [0, 0.1) is 0 Å². The first kappa shape index (κ1) is 16.3. The molecule has 1 fully saturated rings. The topological polar surface area (TPSA) is 84.7 Å². The molecule has 1 saturated heterocycles. The van der Waals surface area contributed by atoms with Gasteiger partial charge >= 0.3 is 6.09 Å². The summed E-state index contributed by atoms with van der Waals surface area (Å²) >= 11 is 0. The van der Waals surface area contributed by atoms with E-state index in [0.29, 0.717) is 31.0 Å². The first-order valence-corrected chi connectivity index (χ1v) is 8.21. The quantitative estimate of drug-likeness (QED) is 0.927. The highest BCUT2D eigenvalue weighted by atomic mass is 16.6. The Labute approximate surface area is 139 Å². The lowest BCUT2D eigenvalue weighted by atomic mass is 10.0. The minimum absolute atomic E-state index is 0.0707. The summed E-state index contributed by atoms with van der Waals surface area (Å²) in [5, 5.41) is 7.86. The van der Waals surface area contributed by atoms with Gasteiger partial charge in [0.1, 0.15) is 5.69 Å². The average Bonchev–Trinajstić information content (AvgIpc) is 2.99. The van der Waals surface area contributed by atoms with Crippen molar-refractivity contribution in [1.29, 1.82) is 0 Å². The second kappa shape index (κ2) is 7.33. The van der Waals surface area contributed by atoms with Crippen LogP contribution in [-0.2, 0) is 16.0 Å². The minimum Gasteiger partial charge on any atom is -0.450 e. The second-order valence-corrected chi connectivity index (χ2v) is 5.83. The number of para-hydroxylation sites is 1. The van der Waals surface area contributed by atoms with Crippen LogP contribution in [0.2, 0.25) is 0 Å². The van der Waals surface area contributed by atoms with E-state index >= 15 is 0 Å². The number of ether oxygens (including phenoxy) is 1. The zero-order valence-electron chi connectivity index (χ0n) is 13.7. The number of carbonyl (C=O) groups excluding carboxylic acids is 2. The predicted molar refractivity (Wildman–Crippen MR) is 87.5 cm³/mol. The number of rotatable bonds is 4. The third kappa shape index (κ3) is 3.67. The second-order valence-electron chi connectivity index (χ2n) is 5.83. The zero-order valence-corrected chi connectivity index (χ0v) is 13.7. The third-order valence-electron chi connectivity index (χ3n) is 4.17. The van der Waals surface area contributed by atoms with E-state index < -0.39 is 0 Å². The van der Waals surface area contributed by atoms with Gasteiger partial charge < -0.3 is 19.5 Å². The maximum absolute atomic E-state index is 12.2. The van der Waals surface area contributed by atoms with Crippen molar-refractivity contribution in [1.82, 2.24) is 15.4 Å². The van der Waals surface area contributed by atoms with Crippen molar-refractivity contribution in [2.24, 2.45) is 0 Å². The van der Waals surface area contributed by atoms with E-state index in [4.69, 9.17) is 9.26 Å². The van der Waals surface area contributed by atoms with Crippen LogP contribution in [0.3, 0.4) is 0 Å². The van der Waals surface area contributed by atoms with Gasteiger partial charge in [-0.05, 0) is 31.9 Å². The van der Waals surface area contributed by atoms with Gasteiger partial charge in [0.2, 0.25) is 5.91 Å². The number of fused-ring (bicyclic) bond motifs is 1. The van der Waals surface area contributed by atoms with Crippen LogP contribution < -0.4 is 5.32 Å². The highest BCUT2D eigenvalue weighted by molar-refractivity contribution is 5.86. The molecule has 2 amide bonds. The molecule has 1 aromatic carbocycles. The van der Waals surface area contributed by atoms with Crippen LogP contribution in [0.5, 0.6) is 0 Å². The summed E-state index contributed by atoms with van der Waals surface area (Å²) in [5.41, 5.74) is 1.33. The Bertz CT molecular complexity index is 719. The molecule has 0 radical (unpaired) electrons. The van der Waals surface area contributed by atoms with Crippen LogP contribution in [0.15, 0.2) is 28.8 Å². The van der Waals surface area contributed by atoms with Crippen molar-refractivity contribution in [2.45, 2.75) is 32.2 Å². The normalized spacial score (nSPS) is 15.5. The lowest BCUT2D eigenvalue weighted by Crippen LogP contribution is -2.47. The SMILES string of the molecule is CCOC(=O)N1CCC(NC(=O)Cc2noc3ccccc23)CC1. The molecule has 0 bridgehead atoms. The van der Waals surface area contributed by atoms with Crippen LogP contribution in [-0.4, -0.2) is 47.8 Å². The maximum Gasteiger partial charge on any atom is 0.409 e. The summed E-state index contributed by atoms with van der Waals surface area (Å²) in [6, 6.07) is 7.56. The van der Waals surface area contributed by atoms with E-state index in [0.717, 1.165) is 18.2 Å². The van der Waals surface area contributed by atoms with Gasteiger partial charge in [-0.2, -0.15) is 0 Å². The Balaban J connectivity index is 1.50. The standard InChI is InChI=1S/C17H21N3O4/c1-2-23-17(22)20-9-7-12(8-10-20)18-16(21)11-14-13-5-3-4-6-15(13)24-19-14/h3-6,12H,2,7-11H2,1H3,(H,18,21). The predicted octanol–water partition coefficient (Wildman–Crippen LogP) is 2.11. The number of benzene rings is 1. The Kier molecular flexibility index (Phi) is 4.98. The number of aromatic nitrogens is 1. The molecule has 0 unspecified atom stereocenters. The fourth-order valence-electron chi connectivity index (χ4n) is 2.92. The molecule has 2 aromatic rings. The molecule has 1 aliphatic heterocycles. The number of carbonyl (C=O) groups is 2. The van der Waals surface area contributed by atoms with Crippen LogP contribution >= 0.6 is 0 Å². The van der Waals surface area contributed by atoms with E-state index in [-0.39, 0.29) is 24.5 Å². The number of likely N-dealkylation sites (tertiary alicyclic amines) is 1. The fourth-order valence-corrected chi connectivity index (χ4v) is 2.92. The molecule has 1 aromatic heterocycles. The Morgan fingerprint density at radius 2 is 2.08 bits per heavy atom. The number of hydrogen-bond acceptors (Lipinski definition) is 5. The molecule has 1 N–H and O–H groups in total. The van der Waals surface area contributed by atoms with Gasteiger partial charge in [-0.25, -0.2) is 4.79 Å². The number of nitrogens with zero attached hydrogens (tertiary/aromatic N) is 2. The van der Waals surface area contributed by atoms with Crippen molar-refractivity contribution in [3.63, 3.8) is 0 Å². The molecule has 7 heteroatoms. The molecule has 0 spiro atoms. The van der Waals surface area contributed by atoms with E-state index in [9.17, 15) is 9.59 Å². The number of amides is 2. The highest BCUT2D eigenvalue weighted by Crippen LogP contribution is 2.18. The summed E-state index contributed by atoms with van der Waals surface area (Å²) in [6.45, 7) is 3.35. The van der Waals surface area contributed by atoms with Gasteiger partial charge in [0.05, 0.1) is 13.0 Å². The van der Waals surface area contributed by atoms with Gasteiger partial charge in [-0.3, -0.25) is 4.79 Å². The van der Waals surface area contributed by atoms with Gasteiger partial charge in [0.15, 0.2) is 5.58 Å². The Hall–Kier alpha value is -2.57. The van der Waals surface area contributed by atoms with Crippen LogP contribution in [0.1, 0.15) is 25.5 Å². The molecule has 1 aliphatic rings. The summed E-state index contributed by atoms with van der Waals surface area (Å²) < 4.78 is 10.2. The van der Waals surface area contributed by atoms with Crippen LogP contribution in [0.25, 0.3) is 11.0 Å². The average molecular weight is 331 g/mol. The summed E-state index contributed by atoms with van der Waals surface area (Å²) in [5.74, 6) is -0.0800. The monoisotopic (exact) mass is 331 g/mol. The Morgan fingerprint density at radius 1 is 1.33 bits per heavy atom. The van der Waals surface area contributed by atoms with Crippen molar-refractivity contribution in [3.8, 4) is 0 Å². The molecule has 24 heavy (non-hydrogen) atoms. The van der Waals surface area contributed by atoms with Crippen molar-refractivity contribution in [2.75, 3.05) is 19.7 Å². The van der Waals surface area contributed by atoms with Crippen LogP contribution in [0.4, 0.5) is 4.79 Å². The molecular weight excluding hydrogens is 310 g/mol. The highest BCUT2D eigenvalue weighted by Gasteiger charge is 2.25. The Morgan fingerprint density at radius 3 is 2.83 bits per heavy atom. The molecule has 3 rings (SSSR count). The largest absolute Gasteiger partial charge is 0.450 e. The van der Waals surface area contributed by atoms with E-state index in [1.165, 1.54) is 0 Å². The molecular formula is C17H21N3O4. The summed E-state index contributed by atoms with van der Waals surface area (Å²) in [4.78, 5) is 25.6. The number of nitrogens with one attached hydrogen (secondary N) is 1. The van der Waals surface area contributed by atoms with Gasteiger partial charge in [-0.1, -0.05) is 17.3 Å². The molecule has 0 aliphatic carbocycles. The third-order valence-corrected chi connectivity index (χ3v) is 4.17. The van der Waals surface area contributed by atoms with Crippen molar-refractivity contribution >= 4 is 23.0 Å². The van der Waals surface area contributed by atoms with E-state index in [1.54, 1.807) is 11.8 Å². The molecule has 128 valence electrons. The van der Waals surface area contributed by atoms with Crippen molar-refractivity contribution < 1.29 is 18.8 Å². The lowest BCUT2D eigenvalue weighted by Gasteiger charge is -2.31. The van der Waals surface area contributed by atoms with Gasteiger partial charge in [0.25, 0.3) is 0 Å². The summed E-state index contributed by atoms with van der Waals surface area (Å²) in [7, 11) is 0. The fraction of sp³-hybridized carbons (Fsp3) is 0.471. The first-order valence-electron chi connectivity index (χ1n) is 8.21. The minimum atomic E-state index is -0.281. The summed E-state index contributed by atoms with van der Waals surface area (Å²) in [6.07, 6.45) is 1.36. The van der Waals surface area contributed by atoms with Gasteiger partial charge in [-0.15, -0.1) is 0 Å². The molecule has 2 heterocycles. The molecule has 0 atom stereocenters. The first-order chi connectivity index (χ1) is 11.7. The maximum atomic E-state index is 12.2. The smallest absolute Gasteiger partial charge is 0.409 e. The van der Waals surface area contributed by atoms with E-state index in [1.807, 2.05) is 24.3 Å². The molecule has 7 nitrogen and oxygen atoms in total.